The molecule has 0 aromatic rings. The summed E-state index contributed by atoms with van der Waals surface area (Å²) < 4.78 is 5.27. The first-order chi connectivity index (χ1) is 6.63. The maximum atomic E-state index is 8.92. The average molecular weight is 198 g/mol. The number of aliphatic imine (C=N–C) groups is 1. The number of methoxy groups -OCH3 is 1. The maximum absolute atomic E-state index is 8.92. The summed E-state index contributed by atoms with van der Waals surface area (Å²) in [4.78, 5) is 6.05. The van der Waals surface area contributed by atoms with E-state index in [9.17, 15) is 0 Å². The van der Waals surface area contributed by atoms with E-state index in [4.69, 9.17) is 9.84 Å². The summed E-state index contributed by atoms with van der Waals surface area (Å²) in [5, 5.41) is 8.92. The number of hydrogen-bond donors (Lipinski definition) is 1. The van der Waals surface area contributed by atoms with E-state index in [2.05, 4.69) is 16.5 Å². The number of piperidine rings is 1. The molecule has 0 atom stereocenters. The Bertz CT molecular complexity index is 230. The van der Waals surface area contributed by atoms with Crippen LogP contribution in [-0.2, 0) is 4.74 Å². The highest BCUT2D eigenvalue weighted by molar-refractivity contribution is 5.80. The molecule has 0 aromatic heterocycles. The highest BCUT2D eigenvalue weighted by atomic mass is 16.5. The standard InChI is InChI=1S/C10H18N2O2/c1-8(11-9(2)13)12-6-4-10(14-3)5-7-12/h10,13H,2,4-7H2,1,3H3/b11-8+. The predicted molar refractivity (Wildman–Crippen MR) is 56.5 cm³/mol. The van der Waals surface area contributed by atoms with Crippen molar-refractivity contribution >= 4 is 5.84 Å². The first-order valence-corrected chi connectivity index (χ1v) is 4.84. The summed E-state index contributed by atoms with van der Waals surface area (Å²) in [7, 11) is 1.75. The molecule has 1 aliphatic heterocycles. The van der Waals surface area contributed by atoms with E-state index in [1.54, 1.807) is 7.11 Å². The predicted octanol–water partition coefficient (Wildman–Crippen LogP) is 1.54. The average Bonchev–Trinajstić information content (AvgIpc) is 2.17. The molecule has 1 heterocycles. The second-order valence-electron chi connectivity index (χ2n) is 3.50. The summed E-state index contributed by atoms with van der Waals surface area (Å²) in [5.74, 6) is 0.698. The van der Waals surface area contributed by atoms with Gasteiger partial charge in [0.15, 0.2) is 0 Å². The van der Waals surface area contributed by atoms with E-state index in [0.717, 1.165) is 31.8 Å². The number of hydrogen-bond acceptors (Lipinski definition) is 3. The Morgan fingerprint density at radius 1 is 1.50 bits per heavy atom. The lowest BCUT2D eigenvalue weighted by atomic mass is 10.1. The summed E-state index contributed by atoms with van der Waals surface area (Å²) in [6, 6.07) is 0. The van der Waals surface area contributed by atoms with Crippen LogP contribution in [0.5, 0.6) is 0 Å². The fourth-order valence-corrected chi connectivity index (χ4v) is 1.67. The first-order valence-electron chi connectivity index (χ1n) is 4.84. The lowest BCUT2D eigenvalue weighted by molar-refractivity contribution is 0.0577. The second kappa shape index (κ2) is 5.00. The molecule has 80 valence electrons. The molecule has 4 nitrogen and oxygen atoms in total. The first kappa shape index (κ1) is 11.0. The Kier molecular flexibility index (Phi) is 3.95. The van der Waals surface area contributed by atoms with Crippen molar-refractivity contribution in [1.82, 2.24) is 4.90 Å². The van der Waals surface area contributed by atoms with Crippen molar-refractivity contribution in [3.8, 4) is 0 Å². The Morgan fingerprint density at radius 2 is 2.07 bits per heavy atom. The van der Waals surface area contributed by atoms with Crippen LogP contribution in [0, 0.1) is 0 Å². The van der Waals surface area contributed by atoms with Crippen molar-refractivity contribution in [1.29, 1.82) is 0 Å². The van der Waals surface area contributed by atoms with Gasteiger partial charge in [-0.25, -0.2) is 4.99 Å². The molecule has 1 aliphatic rings. The molecule has 1 fully saturated rings. The highest BCUT2D eigenvalue weighted by Gasteiger charge is 2.19. The number of amidine groups is 1. The van der Waals surface area contributed by atoms with Gasteiger partial charge >= 0.3 is 0 Å². The highest BCUT2D eigenvalue weighted by Crippen LogP contribution is 2.13. The van der Waals surface area contributed by atoms with Crippen LogP contribution in [-0.4, -0.2) is 42.1 Å². The van der Waals surface area contributed by atoms with Crippen LogP contribution in [0.15, 0.2) is 17.5 Å². The quantitative estimate of drug-likeness (QED) is 0.416. The molecule has 1 rings (SSSR count). The molecule has 0 saturated carbocycles. The fraction of sp³-hybridized carbons (Fsp3) is 0.700. The summed E-state index contributed by atoms with van der Waals surface area (Å²) in [6.07, 6.45) is 2.40. The molecule has 0 bridgehead atoms. The Hall–Kier alpha value is -1.03. The number of rotatable bonds is 2. The van der Waals surface area contributed by atoms with Gasteiger partial charge < -0.3 is 14.7 Å². The van der Waals surface area contributed by atoms with Gasteiger partial charge in [0.05, 0.1) is 6.10 Å². The van der Waals surface area contributed by atoms with Crippen LogP contribution < -0.4 is 0 Å². The molecule has 0 aromatic carbocycles. The fourth-order valence-electron chi connectivity index (χ4n) is 1.67. The molecule has 0 spiro atoms. The summed E-state index contributed by atoms with van der Waals surface area (Å²) in [6.45, 7) is 7.08. The lowest BCUT2D eigenvalue weighted by Gasteiger charge is -2.32. The van der Waals surface area contributed by atoms with E-state index in [-0.39, 0.29) is 5.88 Å². The van der Waals surface area contributed by atoms with Crippen molar-refractivity contribution in [3.63, 3.8) is 0 Å². The topological polar surface area (TPSA) is 45.1 Å². The molecule has 0 radical (unpaired) electrons. The van der Waals surface area contributed by atoms with Gasteiger partial charge in [-0.05, 0) is 26.3 Å². The van der Waals surface area contributed by atoms with Gasteiger partial charge in [0.1, 0.15) is 5.84 Å². The monoisotopic (exact) mass is 198 g/mol. The summed E-state index contributed by atoms with van der Waals surface area (Å²) in [5.41, 5.74) is 0. The Balaban J connectivity index is 2.45. The smallest absolute Gasteiger partial charge is 0.204 e. The molecule has 1 N–H and O–H groups in total. The van der Waals surface area contributed by atoms with Crippen molar-refractivity contribution in [2.75, 3.05) is 20.2 Å². The van der Waals surface area contributed by atoms with Crippen molar-refractivity contribution < 1.29 is 9.84 Å². The molecule has 14 heavy (non-hydrogen) atoms. The minimum atomic E-state index is -0.128. The molecule has 0 aliphatic carbocycles. The third-order valence-corrected chi connectivity index (χ3v) is 2.52. The van der Waals surface area contributed by atoms with Crippen LogP contribution in [0.1, 0.15) is 19.8 Å². The Labute approximate surface area is 84.9 Å². The van der Waals surface area contributed by atoms with Gasteiger partial charge in [-0.3, -0.25) is 0 Å². The SMILES string of the molecule is C=C(O)/N=C(\C)N1CCC(OC)CC1. The van der Waals surface area contributed by atoms with Crippen molar-refractivity contribution in [3.05, 3.63) is 12.5 Å². The second-order valence-corrected chi connectivity index (χ2v) is 3.50. The van der Waals surface area contributed by atoms with Crippen LogP contribution in [0.4, 0.5) is 0 Å². The molecule has 0 amide bonds. The van der Waals surface area contributed by atoms with Crippen LogP contribution in [0.25, 0.3) is 0 Å². The van der Waals surface area contributed by atoms with E-state index >= 15 is 0 Å². The molecule has 0 unspecified atom stereocenters. The number of aliphatic hydroxyl groups is 1. The van der Waals surface area contributed by atoms with Crippen molar-refractivity contribution in [2.24, 2.45) is 4.99 Å². The minimum absolute atomic E-state index is 0.128. The van der Waals surface area contributed by atoms with E-state index in [1.165, 1.54) is 0 Å². The number of aliphatic hydroxyl groups excluding tert-OH is 1. The van der Waals surface area contributed by atoms with Gasteiger partial charge in [0.25, 0.3) is 0 Å². The maximum Gasteiger partial charge on any atom is 0.204 e. The molecular weight excluding hydrogens is 180 g/mol. The van der Waals surface area contributed by atoms with E-state index < -0.39 is 0 Å². The molecule has 1 saturated heterocycles. The summed E-state index contributed by atoms with van der Waals surface area (Å²) >= 11 is 0. The largest absolute Gasteiger partial charge is 0.494 e. The molecule has 4 heteroatoms. The third kappa shape index (κ3) is 3.03. The van der Waals surface area contributed by atoms with E-state index in [1.807, 2.05) is 6.92 Å². The zero-order valence-electron chi connectivity index (χ0n) is 8.86. The zero-order chi connectivity index (χ0) is 10.6. The number of ether oxygens (including phenoxy) is 1. The number of nitrogens with zero attached hydrogens (tertiary/aromatic N) is 2. The van der Waals surface area contributed by atoms with Gasteiger partial charge in [-0.2, -0.15) is 0 Å². The van der Waals surface area contributed by atoms with Gasteiger partial charge in [0.2, 0.25) is 5.88 Å². The lowest BCUT2D eigenvalue weighted by Crippen LogP contribution is -2.39. The van der Waals surface area contributed by atoms with Gasteiger partial charge in [-0.1, -0.05) is 0 Å². The zero-order valence-corrected chi connectivity index (χ0v) is 8.86. The van der Waals surface area contributed by atoms with Crippen molar-refractivity contribution in [2.45, 2.75) is 25.9 Å². The van der Waals surface area contributed by atoms with Crippen LogP contribution in [0.3, 0.4) is 0 Å². The third-order valence-electron chi connectivity index (χ3n) is 2.52. The minimum Gasteiger partial charge on any atom is -0.494 e. The van der Waals surface area contributed by atoms with Gasteiger partial charge in [-0.15, -0.1) is 0 Å². The Morgan fingerprint density at radius 3 is 2.50 bits per heavy atom. The number of likely N-dealkylation sites (tertiary alicyclic amines) is 1. The van der Waals surface area contributed by atoms with Crippen LogP contribution in [0.2, 0.25) is 0 Å². The normalized spacial score (nSPS) is 19.9. The molecular formula is C10H18N2O2. The van der Waals surface area contributed by atoms with E-state index in [0.29, 0.717) is 6.10 Å². The van der Waals surface area contributed by atoms with Gasteiger partial charge in [0, 0.05) is 20.2 Å². The van der Waals surface area contributed by atoms with Crippen LogP contribution >= 0.6 is 0 Å².